The van der Waals surface area contributed by atoms with Gasteiger partial charge in [-0.2, -0.15) is 4.31 Å². The largest absolute Gasteiger partial charge is 0.497 e. The van der Waals surface area contributed by atoms with Gasteiger partial charge in [0, 0.05) is 19.1 Å². The Kier molecular flexibility index (Phi) is 7.59. The summed E-state index contributed by atoms with van der Waals surface area (Å²) < 4.78 is 32.6. The summed E-state index contributed by atoms with van der Waals surface area (Å²) in [5, 5.41) is 5.88. The maximum Gasteiger partial charge on any atom is 0.243 e. The van der Waals surface area contributed by atoms with Gasteiger partial charge in [-0.15, -0.1) is 0 Å². The van der Waals surface area contributed by atoms with E-state index in [-0.39, 0.29) is 35.2 Å². The van der Waals surface area contributed by atoms with Crippen LogP contribution in [0.1, 0.15) is 46.0 Å². The normalized spacial score (nSPS) is 21.7. The second-order valence-electron chi connectivity index (χ2n) is 8.53. The first-order chi connectivity index (χ1) is 14.8. The van der Waals surface area contributed by atoms with Gasteiger partial charge in [-0.3, -0.25) is 9.59 Å². The van der Waals surface area contributed by atoms with Crippen LogP contribution in [-0.2, 0) is 19.6 Å². The molecule has 2 fully saturated rings. The summed E-state index contributed by atoms with van der Waals surface area (Å²) in [6.45, 7) is 4.41. The molecule has 1 saturated heterocycles. The van der Waals surface area contributed by atoms with Crippen LogP contribution in [0.3, 0.4) is 0 Å². The van der Waals surface area contributed by atoms with E-state index in [0.29, 0.717) is 25.1 Å². The molecule has 0 aromatic heterocycles. The van der Waals surface area contributed by atoms with E-state index in [1.165, 1.54) is 23.5 Å². The Morgan fingerprint density at radius 3 is 2.45 bits per heavy atom. The quantitative estimate of drug-likeness (QED) is 0.597. The third-order valence-electron chi connectivity index (χ3n) is 6.17. The van der Waals surface area contributed by atoms with Gasteiger partial charge in [-0.05, 0) is 55.9 Å². The molecular weight excluding hydrogens is 418 g/mol. The number of sulfonamides is 1. The Balaban J connectivity index is 1.67. The highest BCUT2D eigenvalue weighted by Gasteiger charge is 2.36. The van der Waals surface area contributed by atoms with Crippen molar-refractivity contribution in [2.24, 2.45) is 11.8 Å². The van der Waals surface area contributed by atoms with Gasteiger partial charge in [0.25, 0.3) is 0 Å². The minimum Gasteiger partial charge on any atom is -0.497 e. The Morgan fingerprint density at radius 1 is 1.19 bits per heavy atom. The standard InChI is InChI=1S/C22H33N3O5S/c1-4-15(2)20(22(27)23-17-7-8-17)24-21(26)16-6-5-13-25(14-16)31(28,29)19-11-9-18(30-3)10-12-19/h9-12,15-17,20H,4-8,13-14H2,1-3H3,(H,23,27)(H,24,26)/t15?,16?,20-/m0/s1. The van der Waals surface area contributed by atoms with Crippen LogP contribution in [0.5, 0.6) is 5.75 Å². The zero-order valence-corrected chi connectivity index (χ0v) is 19.3. The van der Waals surface area contributed by atoms with E-state index in [0.717, 1.165) is 19.3 Å². The van der Waals surface area contributed by atoms with Crippen LogP contribution in [0, 0.1) is 11.8 Å². The molecular formula is C22H33N3O5S. The third kappa shape index (κ3) is 5.77. The molecule has 1 heterocycles. The third-order valence-corrected chi connectivity index (χ3v) is 8.05. The molecule has 2 unspecified atom stereocenters. The maximum absolute atomic E-state index is 13.1. The highest BCUT2D eigenvalue weighted by molar-refractivity contribution is 7.89. The van der Waals surface area contributed by atoms with Crippen LogP contribution in [-0.4, -0.2) is 56.8 Å². The molecule has 3 atom stereocenters. The van der Waals surface area contributed by atoms with Crippen molar-refractivity contribution in [3.63, 3.8) is 0 Å². The fraction of sp³-hybridized carbons (Fsp3) is 0.636. The fourth-order valence-electron chi connectivity index (χ4n) is 3.76. The van der Waals surface area contributed by atoms with Gasteiger partial charge in [0.05, 0.1) is 17.9 Å². The van der Waals surface area contributed by atoms with Gasteiger partial charge in [-0.25, -0.2) is 8.42 Å². The van der Waals surface area contributed by atoms with E-state index >= 15 is 0 Å². The van der Waals surface area contributed by atoms with E-state index in [1.807, 2.05) is 13.8 Å². The van der Waals surface area contributed by atoms with E-state index in [9.17, 15) is 18.0 Å². The molecule has 0 bridgehead atoms. The van der Waals surface area contributed by atoms with Crippen LogP contribution >= 0.6 is 0 Å². The number of amides is 2. The molecule has 2 N–H and O–H groups in total. The number of nitrogens with zero attached hydrogens (tertiary/aromatic N) is 1. The molecule has 1 saturated carbocycles. The number of carbonyl (C=O) groups is 2. The first kappa shape index (κ1) is 23.5. The lowest BCUT2D eigenvalue weighted by Crippen LogP contribution is -2.54. The van der Waals surface area contributed by atoms with Crippen molar-refractivity contribution in [2.75, 3.05) is 20.2 Å². The number of rotatable bonds is 9. The summed E-state index contributed by atoms with van der Waals surface area (Å²) in [5.74, 6) is -0.322. The topological polar surface area (TPSA) is 105 Å². The van der Waals surface area contributed by atoms with Crippen LogP contribution in [0.25, 0.3) is 0 Å². The molecule has 2 aliphatic rings. The van der Waals surface area contributed by atoms with E-state index < -0.39 is 22.0 Å². The maximum atomic E-state index is 13.1. The summed E-state index contributed by atoms with van der Waals surface area (Å²) in [5.41, 5.74) is 0. The van der Waals surface area contributed by atoms with Crippen LogP contribution < -0.4 is 15.4 Å². The fourth-order valence-corrected chi connectivity index (χ4v) is 5.29. The Hall–Kier alpha value is -2.13. The number of hydrogen-bond donors (Lipinski definition) is 2. The van der Waals surface area contributed by atoms with Gasteiger partial charge in [0.15, 0.2) is 0 Å². The van der Waals surface area contributed by atoms with Crippen LogP contribution in [0.4, 0.5) is 0 Å². The zero-order chi connectivity index (χ0) is 22.6. The average Bonchev–Trinajstić information content (AvgIpc) is 3.60. The second kappa shape index (κ2) is 9.99. The van der Waals surface area contributed by atoms with Crippen molar-refractivity contribution >= 4 is 21.8 Å². The molecule has 0 radical (unpaired) electrons. The van der Waals surface area contributed by atoms with E-state index in [1.54, 1.807) is 12.1 Å². The molecule has 1 aromatic rings. The van der Waals surface area contributed by atoms with Gasteiger partial charge in [0.2, 0.25) is 21.8 Å². The average molecular weight is 452 g/mol. The highest BCUT2D eigenvalue weighted by Crippen LogP contribution is 2.26. The monoisotopic (exact) mass is 451 g/mol. The summed E-state index contributed by atoms with van der Waals surface area (Å²) in [6.07, 6.45) is 3.90. The number of carbonyl (C=O) groups excluding carboxylic acids is 2. The van der Waals surface area contributed by atoms with Gasteiger partial charge < -0.3 is 15.4 Å². The number of benzene rings is 1. The zero-order valence-electron chi connectivity index (χ0n) is 18.5. The minimum atomic E-state index is -3.71. The van der Waals surface area contributed by atoms with Crippen molar-refractivity contribution in [1.29, 1.82) is 0 Å². The van der Waals surface area contributed by atoms with Crippen LogP contribution in [0.2, 0.25) is 0 Å². The molecule has 0 spiro atoms. The molecule has 2 amide bonds. The predicted octanol–water partition coefficient (Wildman–Crippen LogP) is 1.91. The number of methoxy groups -OCH3 is 1. The van der Waals surface area contributed by atoms with Crippen molar-refractivity contribution < 1.29 is 22.7 Å². The second-order valence-corrected chi connectivity index (χ2v) is 10.5. The molecule has 31 heavy (non-hydrogen) atoms. The van der Waals surface area contributed by atoms with E-state index in [2.05, 4.69) is 10.6 Å². The van der Waals surface area contributed by atoms with Crippen molar-refractivity contribution in [3.8, 4) is 5.75 Å². The molecule has 9 heteroatoms. The van der Waals surface area contributed by atoms with Gasteiger partial charge in [-0.1, -0.05) is 20.3 Å². The Bertz CT molecular complexity index is 883. The highest BCUT2D eigenvalue weighted by atomic mass is 32.2. The molecule has 1 aliphatic heterocycles. The summed E-state index contributed by atoms with van der Waals surface area (Å²) in [6, 6.07) is 5.85. The first-order valence-corrected chi connectivity index (χ1v) is 12.4. The van der Waals surface area contributed by atoms with Crippen molar-refractivity contribution in [3.05, 3.63) is 24.3 Å². The molecule has 1 aliphatic carbocycles. The summed E-state index contributed by atoms with van der Waals surface area (Å²) >= 11 is 0. The summed E-state index contributed by atoms with van der Waals surface area (Å²) in [4.78, 5) is 25.8. The lowest BCUT2D eigenvalue weighted by molar-refractivity contribution is -0.133. The number of ether oxygens (including phenoxy) is 1. The lowest BCUT2D eigenvalue weighted by atomic mass is 9.95. The molecule has 8 nitrogen and oxygen atoms in total. The Morgan fingerprint density at radius 2 is 1.87 bits per heavy atom. The van der Waals surface area contributed by atoms with Crippen LogP contribution in [0.15, 0.2) is 29.2 Å². The lowest BCUT2D eigenvalue weighted by Gasteiger charge is -2.33. The molecule has 172 valence electrons. The number of hydrogen-bond acceptors (Lipinski definition) is 5. The first-order valence-electron chi connectivity index (χ1n) is 11.0. The van der Waals surface area contributed by atoms with Gasteiger partial charge >= 0.3 is 0 Å². The van der Waals surface area contributed by atoms with Crippen molar-refractivity contribution in [2.45, 2.75) is 62.9 Å². The van der Waals surface area contributed by atoms with Crippen molar-refractivity contribution in [1.82, 2.24) is 14.9 Å². The van der Waals surface area contributed by atoms with Gasteiger partial charge in [0.1, 0.15) is 11.8 Å². The molecule has 3 rings (SSSR count). The summed E-state index contributed by atoms with van der Waals surface area (Å²) in [7, 11) is -2.19. The number of nitrogens with one attached hydrogen (secondary N) is 2. The minimum absolute atomic E-state index is 0.00887. The SMILES string of the molecule is CCC(C)[C@H](NC(=O)C1CCCN(S(=O)(=O)c2ccc(OC)cc2)C1)C(=O)NC1CC1. The predicted molar refractivity (Wildman–Crippen MR) is 117 cm³/mol. The number of piperidine rings is 1. The van der Waals surface area contributed by atoms with E-state index in [4.69, 9.17) is 4.74 Å². The smallest absolute Gasteiger partial charge is 0.243 e. The Labute approximate surface area is 184 Å². The molecule has 1 aromatic carbocycles.